The molecule has 4 rings (SSSR count). The molecule has 1 atom stereocenters. The third-order valence-corrected chi connectivity index (χ3v) is 9.57. The van der Waals surface area contributed by atoms with Gasteiger partial charge < -0.3 is 25.4 Å². The molecule has 268 valence electrons. The van der Waals surface area contributed by atoms with E-state index < -0.39 is 51.1 Å². The van der Waals surface area contributed by atoms with Crippen molar-refractivity contribution in [1.82, 2.24) is 14.6 Å². The fraction of sp³-hybridized carbons (Fsp3) is 0.357. The standard InChI is InChI=1S/C26H24ClF6N7O5S2.C2H6/c1-35-22-20(21(34)37-14-27)46-24(38-22)39-10-11-40(47(42,43)18-8-6-17(7-9-18)45-26(31,32)33)19(13-39)23(41)36-12-15-2-4-16(5-3-15)44-25(28,29)30;1-2/h2-9,19H,1,10-14H2,(H2,34,37)(H,36,41);1-2H3/t19-;/m1./s1. The van der Waals surface area contributed by atoms with Crippen LogP contribution in [-0.2, 0) is 21.4 Å². The van der Waals surface area contributed by atoms with E-state index in [0.717, 1.165) is 52.0 Å². The molecule has 2 aromatic carbocycles. The molecule has 1 aliphatic rings. The Balaban J connectivity index is 0.00000319. The Morgan fingerprint density at radius 1 is 1.04 bits per heavy atom. The fourth-order valence-corrected chi connectivity index (χ4v) is 7.03. The van der Waals surface area contributed by atoms with Crippen molar-refractivity contribution in [3.63, 3.8) is 0 Å². The Bertz CT molecular complexity index is 1720. The number of carbonyl (C=O) groups excluding carboxylic acids is 1. The van der Waals surface area contributed by atoms with Crippen molar-refractivity contribution in [3.05, 3.63) is 59.0 Å². The van der Waals surface area contributed by atoms with Crippen LogP contribution in [0, 0.1) is 0 Å². The first-order valence-corrected chi connectivity index (χ1v) is 16.9. The number of nitrogens with one attached hydrogen (secondary N) is 1. The fourth-order valence-electron chi connectivity index (χ4n) is 4.35. The van der Waals surface area contributed by atoms with E-state index in [2.05, 4.69) is 36.5 Å². The number of halogens is 7. The van der Waals surface area contributed by atoms with Gasteiger partial charge in [0.25, 0.3) is 0 Å². The lowest BCUT2D eigenvalue weighted by Crippen LogP contribution is -2.60. The van der Waals surface area contributed by atoms with Gasteiger partial charge >= 0.3 is 12.7 Å². The van der Waals surface area contributed by atoms with Crippen LogP contribution >= 0.6 is 22.9 Å². The predicted molar refractivity (Wildman–Crippen MR) is 172 cm³/mol. The highest BCUT2D eigenvalue weighted by atomic mass is 35.5. The average Bonchev–Trinajstić information content (AvgIpc) is 3.49. The summed E-state index contributed by atoms with van der Waals surface area (Å²) >= 11 is 6.70. The lowest BCUT2D eigenvalue weighted by molar-refractivity contribution is -0.275. The summed E-state index contributed by atoms with van der Waals surface area (Å²) in [5.41, 5.74) is 6.34. The van der Waals surface area contributed by atoms with E-state index in [1.165, 1.54) is 12.1 Å². The molecule has 21 heteroatoms. The zero-order valence-corrected chi connectivity index (χ0v) is 28.1. The highest BCUT2D eigenvalue weighted by molar-refractivity contribution is 7.89. The third kappa shape index (κ3) is 10.7. The van der Waals surface area contributed by atoms with Crippen molar-refractivity contribution in [1.29, 1.82) is 0 Å². The van der Waals surface area contributed by atoms with E-state index in [1.54, 1.807) is 4.90 Å². The number of carbonyl (C=O) groups is 1. The molecular weight excluding hydrogens is 728 g/mol. The summed E-state index contributed by atoms with van der Waals surface area (Å²) in [5.74, 6) is -1.75. The van der Waals surface area contributed by atoms with Gasteiger partial charge in [0.1, 0.15) is 34.3 Å². The monoisotopic (exact) mass is 757 g/mol. The molecule has 1 amide bonds. The van der Waals surface area contributed by atoms with Gasteiger partial charge in [-0.1, -0.05) is 37.3 Å². The van der Waals surface area contributed by atoms with E-state index in [9.17, 15) is 39.6 Å². The Morgan fingerprint density at radius 3 is 2.10 bits per heavy atom. The minimum Gasteiger partial charge on any atom is -0.406 e. The van der Waals surface area contributed by atoms with Crippen LogP contribution in [0.5, 0.6) is 11.5 Å². The van der Waals surface area contributed by atoms with Crippen LogP contribution in [-0.4, -0.2) is 80.6 Å². The van der Waals surface area contributed by atoms with Crippen molar-refractivity contribution in [2.24, 2.45) is 15.7 Å². The molecule has 12 nitrogen and oxygen atoms in total. The largest absolute Gasteiger partial charge is 0.573 e. The topological polar surface area (TPSA) is 152 Å². The normalized spacial score (nSPS) is 16.0. The molecule has 1 saturated heterocycles. The molecule has 1 aliphatic heterocycles. The van der Waals surface area contributed by atoms with Crippen molar-refractivity contribution in [2.45, 2.75) is 44.1 Å². The summed E-state index contributed by atoms with van der Waals surface area (Å²) in [6.07, 6.45) is -9.89. The second-order valence-electron chi connectivity index (χ2n) is 9.48. The Kier molecular flexibility index (Phi) is 13.2. The number of rotatable bonds is 11. The summed E-state index contributed by atoms with van der Waals surface area (Å²) < 4.78 is 111. The zero-order valence-electron chi connectivity index (χ0n) is 25.8. The lowest BCUT2D eigenvalue weighted by atomic mass is 10.1. The summed E-state index contributed by atoms with van der Waals surface area (Å²) in [5, 5.41) is 2.88. The molecule has 0 radical (unpaired) electrons. The van der Waals surface area contributed by atoms with E-state index in [0.29, 0.717) is 15.6 Å². The number of hydrogen-bond acceptors (Lipinski definition) is 10. The second kappa shape index (κ2) is 16.5. The predicted octanol–water partition coefficient (Wildman–Crippen LogP) is 5.40. The Labute approximate surface area is 286 Å². The smallest absolute Gasteiger partial charge is 0.406 e. The first-order chi connectivity index (χ1) is 23.0. The average molecular weight is 758 g/mol. The number of alkyl halides is 7. The van der Waals surface area contributed by atoms with Crippen LogP contribution in [0.25, 0.3) is 0 Å². The number of aliphatic imine (C=N–C) groups is 2. The number of benzene rings is 2. The molecule has 3 aromatic rings. The Hall–Kier alpha value is -4.14. The number of sulfonamides is 1. The molecule has 0 bridgehead atoms. The van der Waals surface area contributed by atoms with E-state index in [1.807, 2.05) is 13.8 Å². The number of anilines is 1. The zero-order chi connectivity index (χ0) is 36.6. The van der Waals surface area contributed by atoms with Gasteiger partial charge in [0.2, 0.25) is 15.9 Å². The number of piperazine rings is 1. The van der Waals surface area contributed by atoms with Crippen LogP contribution in [0.1, 0.15) is 24.3 Å². The summed E-state index contributed by atoms with van der Waals surface area (Å²) in [6, 6.07) is 6.58. The highest BCUT2D eigenvalue weighted by Crippen LogP contribution is 2.34. The van der Waals surface area contributed by atoms with Gasteiger partial charge in [-0.25, -0.2) is 13.4 Å². The first-order valence-electron chi connectivity index (χ1n) is 14.1. The van der Waals surface area contributed by atoms with Crippen molar-refractivity contribution >= 4 is 62.4 Å². The molecule has 0 aliphatic carbocycles. The molecule has 0 saturated carbocycles. The second-order valence-corrected chi connectivity index (χ2v) is 12.6. The SMILES string of the molecule is C=Nc1nc(N2CCN(S(=O)(=O)c3ccc(OC(F)(F)F)cc3)[C@@H](C(=O)NCc3ccc(OC(F)(F)F)cc3)C2)sc1/C(N)=N\CCl.CC. The minimum absolute atomic E-state index is 0.0229. The molecule has 1 aromatic heterocycles. The van der Waals surface area contributed by atoms with Crippen molar-refractivity contribution in [2.75, 3.05) is 30.5 Å². The van der Waals surface area contributed by atoms with E-state index in [4.69, 9.17) is 17.3 Å². The number of ether oxygens (including phenoxy) is 2. The van der Waals surface area contributed by atoms with Gasteiger partial charge in [-0.2, -0.15) is 9.29 Å². The maximum Gasteiger partial charge on any atom is 0.573 e. The van der Waals surface area contributed by atoms with Crippen LogP contribution < -0.4 is 25.4 Å². The number of amides is 1. The van der Waals surface area contributed by atoms with Crippen molar-refractivity contribution in [3.8, 4) is 11.5 Å². The van der Waals surface area contributed by atoms with Gasteiger partial charge in [0, 0.05) is 26.2 Å². The van der Waals surface area contributed by atoms with Crippen LogP contribution in [0.4, 0.5) is 37.3 Å². The van der Waals surface area contributed by atoms with E-state index in [-0.39, 0.29) is 43.8 Å². The molecule has 2 heterocycles. The number of hydrogen-bond donors (Lipinski definition) is 2. The van der Waals surface area contributed by atoms with Crippen LogP contribution in [0.15, 0.2) is 63.4 Å². The number of thiazole rings is 1. The molecule has 1 fully saturated rings. The number of amidine groups is 1. The summed E-state index contributed by atoms with van der Waals surface area (Å²) in [6.45, 7) is 6.78. The molecule has 0 spiro atoms. The van der Waals surface area contributed by atoms with Crippen LogP contribution in [0.2, 0.25) is 0 Å². The van der Waals surface area contributed by atoms with Crippen molar-refractivity contribution < 1.29 is 49.0 Å². The van der Waals surface area contributed by atoms with Gasteiger partial charge in [-0.05, 0) is 48.7 Å². The highest BCUT2D eigenvalue weighted by Gasteiger charge is 2.41. The van der Waals surface area contributed by atoms with Gasteiger partial charge in [0.15, 0.2) is 10.9 Å². The minimum atomic E-state index is -5.00. The summed E-state index contributed by atoms with van der Waals surface area (Å²) in [7, 11) is -4.47. The lowest BCUT2D eigenvalue weighted by Gasteiger charge is -2.39. The number of aromatic nitrogens is 1. The summed E-state index contributed by atoms with van der Waals surface area (Å²) in [4.78, 5) is 27.2. The molecule has 49 heavy (non-hydrogen) atoms. The number of nitrogens with two attached hydrogens (primary N) is 1. The van der Waals surface area contributed by atoms with Crippen LogP contribution in [0.3, 0.4) is 0 Å². The molecular formula is C28H30ClF6N7O5S2. The van der Waals surface area contributed by atoms with Gasteiger partial charge in [-0.3, -0.25) is 9.79 Å². The number of nitrogens with zero attached hydrogens (tertiary/aromatic N) is 5. The third-order valence-electron chi connectivity index (χ3n) is 6.40. The molecule has 0 unspecified atom stereocenters. The maximum atomic E-state index is 13.7. The van der Waals surface area contributed by atoms with Gasteiger partial charge in [0.05, 0.1) is 4.90 Å². The quantitative estimate of drug-likeness (QED) is 0.0869. The Morgan fingerprint density at radius 2 is 1.59 bits per heavy atom. The first kappa shape index (κ1) is 39.3. The maximum absolute atomic E-state index is 13.7. The van der Waals surface area contributed by atoms with Gasteiger partial charge in [-0.15, -0.1) is 37.9 Å². The molecule has 3 N–H and O–H groups in total. The van der Waals surface area contributed by atoms with E-state index >= 15 is 0 Å².